The lowest BCUT2D eigenvalue weighted by molar-refractivity contribution is 0.410. The fourth-order valence-corrected chi connectivity index (χ4v) is 3.63. The molecule has 0 bridgehead atoms. The SMILES string of the molecule is COc1ccccc1CNc1ncnc2c1sc1ncccc12. The molecule has 6 heteroatoms. The van der Waals surface area contributed by atoms with Crippen LogP contribution in [0.15, 0.2) is 48.9 Å². The van der Waals surface area contributed by atoms with Crippen LogP contribution in [0.5, 0.6) is 5.75 Å². The van der Waals surface area contributed by atoms with E-state index in [0.29, 0.717) is 6.54 Å². The van der Waals surface area contributed by atoms with Gasteiger partial charge in [-0.05, 0) is 18.2 Å². The van der Waals surface area contributed by atoms with Crippen LogP contribution in [0, 0.1) is 0 Å². The Hall–Kier alpha value is -2.73. The molecule has 4 rings (SSSR count). The minimum atomic E-state index is 0.637. The molecule has 5 nitrogen and oxygen atoms in total. The zero-order chi connectivity index (χ0) is 15.6. The van der Waals surface area contributed by atoms with E-state index in [2.05, 4.69) is 20.3 Å². The van der Waals surface area contributed by atoms with Gasteiger partial charge in [-0.15, -0.1) is 11.3 Å². The summed E-state index contributed by atoms with van der Waals surface area (Å²) in [4.78, 5) is 14.2. The minimum Gasteiger partial charge on any atom is -0.496 e. The summed E-state index contributed by atoms with van der Waals surface area (Å²) in [6, 6.07) is 11.9. The van der Waals surface area contributed by atoms with Crippen LogP contribution in [0.25, 0.3) is 20.4 Å². The molecular weight excluding hydrogens is 308 g/mol. The lowest BCUT2D eigenvalue weighted by Crippen LogP contribution is -2.03. The summed E-state index contributed by atoms with van der Waals surface area (Å²) < 4.78 is 6.41. The van der Waals surface area contributed by atoms with Crippen molar-refractivity contribution in [3.63, 3.8) is 0 Å². The van der Waals surface area contributed by atoms with Crippen molar-refractivity contribution in [2.75, 3.05) is 12.4 Å². The second-order valence-electron chi connectivity index (χ2n) is 5.02. The van der Waals surface area contributed by atoms with Crippen LogP contribution in [0.3, 0.4) is 0 Å². The Kier molecular flexibility index (Phi) is 3.51. The first-order valence-electron chi connectivity index (χ1n) is 7.21. The van der Waals surface area contributed by atoms with Gasteiger partial charge in [0.2, 0.25) is 0 Å². The number of hydrogen-bond acceptors (Lipinski definition) is 6. The van der Waals surface area contributed by atoms with Crippen LogP contribution >= 0.6 is 11.3 Å². The maximum atomic E-state index is 5.39. The predicted molar refractivity (Wildman–Crippen MR) is 93.0 cm³/mol. The van der Waals surface area contributed by atoms with E-state index < -0.39 is 0 Å². The van der Waals surface area contributed by atoms with Crippen LogP contribution in [0.1, 0.15) is 5.56 Å². The molecule has 0 fully saturated rings. The molecule has 0 aliphatic carbocycles. The number of hydrogen-bond donors (Lipinski definition) is 1. The van der Waals surface area contributed by atoms with Crippen LogP contribution < -0.4 is 10.1 Å². The van der Waals surface area contributed by atoms with Crippen LogP contribution in [-0.4, -0.2) is 22.1 Å². The van der Waals surface area contributed by atoms with Crippen molar-refractivity contribution in [3.05, 3.63) is 54.5 Å². The number of para-hydroxylation sites is 1. The molecule has 1 aromatic carbocycles. The molecule has 3 heterocycles. The molecule has 0 aliphatic heterocycles. The highest BCUT2D eigenvalue weighted by atomic mass is 32.1. The number of anilines is 1. The van der Waals surface area contributed by atoms with E-state index in [1.54, 1.807) is 31.0 Å². The van der Waals surface area contributed by atoms with Gasteiger partial charge in [0.1, 0.15) is 22.7 Å². The van der Waals surface area contributed by atoms with Crippen molar-refractivity contribution in [3.8, 4) is 5.75 Å². The minimum absolute atomic E-state index is 0.637. The van der Waals surface area contributed by atoms with Gasteiger partial charge in [-0.1, -0.05) is 18.2 Å². The van der Waals surface area contributed by atoms with E-state index in [4.69, 9.17) is 4.74 Å². The number of fused-ring (bicyclic) bond motifs is 3. The lowest BCUT2D eigenvalue weighted by Gasteiger charge is -2.10. The predicted octanol–water partition coefficient (Wildman–Crippen LogP) is 3.86. The third kappa shape index (κ3) is 2.47. The largest absolute Gasteiger partial charge is 0.496 e. The first-order valence-corrected chi connectivity index (χ1v) is 8.02. The van der Waals surface area contributed by atoms with Gasteiger partial charge in [-0.3, -0.25) is 0 Å². The molecule has 114 valence electrons. The second-order valence-corrected chi connectivity index (χ2v) is 6.02. The van der Waals surface area contributed by atoms with Gasteiger partial charge in [0, 0.05) is 23.7 Å². The number of nitrogens with zero attached hydrogens (tertiary/aromatic N) is 3. The standard InChI is InChI=1S/C17H14N4OS/c1-22-13-7-3-2-5-11(13)9-19-16-15-14(20-10-21-16)12-6-4-8-18-17(12)23-15/h2-8,10H,9H2,1H3,(H,19,20,21). The van der Waals surface area contributed by atoms with Gasteiger partial charge in [0.25, 0.3) is 0 Å². The zero-order valence-corrected chi connectivity index (χ0v) is 13.3. The highest BCUT2D eigenvalue weighted by molar-refractivity contribution is 7.25. The molecule has 1 N–H and O–H groups in total. The third-order valence-corrected chi connectivity index (χ3v) is 4.78. The monoisotopic (exact) mass is 322 g/mol. The van der Waals surface area contributed by atoms with E-state index in [-0.39, 0.29) is 0 Å². The number of methoxy groups -OCH3 is 1. The quantitative estimate of drug-likeness (QED) is 0.618. The van der Waals surface area contributed by atoms with Gasteiger partial charge in [0.05, 0.1) is 17.3 Å². The number of ether oxygens (including phenoxy) is 1. The molecule has 0 spiro atoms. The van der Waals surface area contributed by atoms with E-state index in [9.17, 15) is 0 Å². The number of pyridine rings is 1. The highest BCUT2D eigenvalue weighted by Crippen LogP contribution is 2.34. The summed E-state index contributed by atoms with van der Waals surface area (Å²) >= 11 is 1.60. The average Bonchev–Trinajstić information content (AvgIpc) is 2.99. The van der Waals surface area contributed by atoms with E-state index in [1.165, 1.54) is 0 Å². The van der Waals surface area contributed by atoms with Gasteiger partial charge in [-0.25, -0.2) is 15.0 Å². The fraction of sp³-hybridized carbons (Fsp3) is 0.118. The van der Waals surface area contributed by atoms with Crippen molar-refractivity contribution in [1.29, 1.82) is 0 Å². The maximum absolute atomic E-state index is 5.39. The van der Waals surface area contributed by atoms with E-state index in [0.717, 1.165) is 37.6 Å². The summed E-state index contributed by atoms with van der Waals surface area (Å²) in [5, 5.41) is 4.46. The molecular formula is C17H14N4OS. The number of benzene rings is 1. The fourth-order valence-electron chi connectivity index (χ4n) is 2.57. The molecule has 23 heavy (non-hydrogen) atoms. The Morgan fingerprint density at radius 1 is 1.09 bits per heavy atom. The first kappa shape index (κ1) is 13.9. The number of aromatic nitrogens is 3. The Labute approximate surface area is 137 Å². The molecule has 0 radical (unpaired) electrons. The topological polar surface area (TPSA) is 59.9 Å². The average molecular weight is 322 g/mol. The second kappa shape index (κ2) is 5.81. The normalized spacial score (nSPS) is 11.0. The van der Waals surface area contributed by atoms with Crippen LogP contribution in [-0.2, 0) is 6.54 Å². The van der Waals surface area contributed by atoms with Crippen molar-refractivity contribution >= 4 is 37.6 Å². The highest BCUT2D eigenvalue weighted by Gasteiger charge is 2.12. The van der Waals surface area contributed by atoms with Gasteiger partial charge >= 0.3 is 0 Å². The molecule has 0 unspecified atom stereocenters. The molecule has 4 aromatic rings. The van der Waals surface area contributed by atoms with E-state index in [1.807, 2.05) is 36.4 Å². The summed E-state index contributed by atoms with van der Waals surface area (Å²) in [5.74, 6) is 1.69. The third-order valence-electron chi connectivity index (χ3n) is 3.67. The number of nitrogens with one attached hydrogen (secondary N) is 1. The number of rotatable bonds is 4. The Balaban J connectivity index is 1.72. The molecule has 0 saturated heterocycles. The van der Waals surface area contributed by atoms with E-state index >= 15 is 0 Å². The van der Waals surface area contributed by atoms with Crippen molar-refractivity contribution in [1.82, 2.24) is 15.0 Å². The molecule has 0 amide bonds. The molecule has 0 aliphatic rings. The summed E-state index contributed by atoms with van der Waals surface area (Å²) in [6.07, 6.45) is 3.39. The Morgan fingerprint density at radius 2 is 2.00 bits per heavy atom. The molecule has 3 aromatic heterocycles. The smallest absolute Gasteiger partial charge is 0.147 e. The lowest BCUT2D eigenvalue weighted by atomic mass is 10.2. The van der Waals surface area contributed by atoms with Crippen molar-refractivity contribution < 1.29 is 4.74 Å². The van der Waals surface area contributed by atoms with Crippen LogP contribution in [0.2, 0.25) is 0 Å². The van der Waals surface area contributed by atoms with Crippen molar-refractivity contribution in [2.45, 2.75) is 6.54 Å². The first-order chi connectivity index (χ1) is 11.4. The van der Waals surface area contributed by atoms with Gasteiger partial charge < -0.3 is 10.1 Å². The number of thiophene rings is 1. The van der Waals surface area contributed by atoms with Gasteiger partial charge in [0.15, 0.2) is 0 Å². The molecule has 0 saturated carbocycles. The van der Waals surface area contributed by atoms with Crippen LogP contribution in [0.4, 0.5) is 5.82 Å². The summed E-state index contributed by atoms with van der Waals surface area (Å²) in [6.45, 7) is 0.637. The Bertz CT molecular complexity index is 983. The van der Waals surface area contributed by atoms with Crippen molar-refractivity contribution in [2.24, 2.45) is 0 Å². The zero-order valence-electron chi connectivity index (χ0n) is 12.5. The molecule has 0 atom stereocenters. The summed E-state index contributed by atoms with van der Waals surface area (Å²) in [7, 11) is 1.68. The summed E-state index contributed by atoms with van der Waals surface area (Å²) in [5.41, 5.74) is 2.02. The van der Waals surface area contributed by atoms with Gasteiger partial charge in [-0.2, -0.15) is 0 Å². The maximum Gasteiger partial charge on any atom is 0.147 e. The Morgan fingerprint density at radius 3 is 2.91 bits per heavy atom.